The van der Waals surface area contributed by atoms with Crippen molar-refractivity contribution in [1.82, 2.24) is 5.32 Å². The number of hydrogen-bond acceptors (Lipinski definition) is 4. The van der Waals surface area contributed by atoms with Crippen LogP contribution in [-0.2, 0) is 0 Å². The third kappa shape index (κ3) is 5.47. The number of nitrogens with two attached hydrogens (primary N) is 1. The Morgan fingerprint density at radius 3 is 2.58 bits per heavy atom. The summed E-state index contributed by atoms with van der Waals surface area (Å²) in [6, 6.07) is 3.48. The number of carbonyl (C=O) groups is 1. The number of thioether (sulfide) groups is 1. The lowest BCUT2D eigenvalue weighted by Gasteiger charge is -2.30. The van der Waals surface area contributed by atoms with E-state index in [9.17, 15) is 4.79 Å². The van der Waals surface area contributed by atoms with Crippen molar-refractivity contribution >= 4 is 30.1 Å². The van der Waals surface area contributed by atoms with Crippen LogP contribution in [0.1, 0.15) is 37.7 Å². The van der Waals surface area contributed by atoms with Crippen LogP contribution in [0.3, 0.4) is 0 Å². The number of hydrogen-bond donors (Lipinski definition) is 2. The predicted molar refractivity (Wildman–Crippen MR) is 82.1 cm³/mol. The van der Waals surface area contributed by atoms with Gasteiger partial charge in [0.1, 0.15) is 0 Å². The van der Waals surface area contributed by atoms with Crippen LogP contribution in [0.2, 0.25) is 0 Å². The van der Waals surface area contributed by atoms with Gasteiger partial charge in [0.2, 0.25) is 0 Å². The monoisotopic (exact) mass is 306 g/mol. The number of amides is 1. The van der Waals surface area contributed by atoms with Gasteiger partial charge in [0.15, 0.2) is 10.9 Å². The Hall–Kier alpha value is -0.650. The fourth-order valence-electron chi connectivity index (χ4n) is 1.97. The second-order valence-corrected chi connectivity index (χ2v) is 5.95. The first-order valence-corrected chi connectivity index (χ1v) is 7.29. The lowest BCUT2D eigenvalue weighted by atomic mass is 9.90. The Bertz CT molecular complexity index is 409. The van der Waals surface area contributed by atoms with Gasteiger partial charge in [0.25, 0.3) is 5.91 Å². The summed E-state index contributed by atoms with van der Waals surface area (Å²) in [6.45, 7) is 6.59. The Morgan fingerprint density at radius 1 is 1.53 bits per heavy atom. The maximum absolute atomic E-state index is 12.1. The maximum Gasteiger partial charge on any atom is 0.287 e. The minimum absolute atomic E-state index is 0. The highest BCUT2D eigenvalue weighted by molar-refractivity contribution is 7.98. The first kappa shape index (κ1) is 18.4. The Kier molecular flexibility index (Phi) is 7.55. The fourth-order valence-corrected chi connectivity index (χ4v) is 2.35. The molecule has 0 aliphatic rings. The van der Waals surface area contributed by atoms with Crippen molar-refractivity contribution < 1.29 is 9.21 Å². The standard InChI is InChI=1S/C13H22N2O2S.ClH/c1-9(2)7-13(3,8-14)15-12(16)10-5-6-11(17-10)18-4;/h5-6,9H,7-8,14H2,1-4H3,(H,15,16);1H. The summed E-state index contributed by atoms with van der Waals surface area (Å²) in [5.74, 6) is 0.601. The van der Waals surface area contributed by atoms with E-state index < -0.39 is 5.54 Å². The lowest BCUT2D eigenvalue weighted by molar-refractivity contribution is 0.0864. The molecule has 0 saturated heterocycles. The summed E-state index contributed by atoms with van der Waals surface area (Å²) in [5.41, 5.74) is 5.37. The van der Waals surface area contributed by atoms with Gasteiger partial charge in [0, 0.05) is 6.54 Å². The lowest BCUT2D eigenvalue weighted by Crippen LogP contribution is -2.52. The van der Waals surface area contributed by atoms with E-state index in [1.165, 1.54) is 11.8 Å². The van der Waals surface area contributed by atoms with Gasteiger partial charge >= 0.3 is 0 Å². The molecule has 0 aromatic carbocycles. The molecule has 1 rings (SSSR count). The molecule has 19 heavy (non-hydrogen) atoms. The molecule has 0 aliphatic carbocycles. The molecule has 1 atom stereocenters. The second kappa shape index (κ2) is 7.82. The molecule has 0 saturated carbocycles. The first-order chi connectivity index (χ1) is 8.40. The van der Waals surface area contributed by atoms with Gasteiger partial charge in [-0.25, -0.2) is 0 Å². The molecule has 1 aromatic heterocycles. The van der Waals surface area contributed by atoms with E-state index in [4.69, 9.17) is 10.2 Å². The van der Waals surface area contributed by atoms with Gasteiger partial charge in [-0.15, -0.1) is 12.4 Å². The molecule has 0 fully saturated rings. The van der Waals surface area contributed by atoms with Crippen molar-refractivity contribution in [1.29, 1.82) is 0 Å². The molecule has 0 aliphatic heterocycles. The van der Waals surface area contributed by atoms with E-state index in [0.29, 0.717) is 18.2 Å². The largest absolute Gasteiger partial charge is 0.445 e. The molecular formula is C13H23ClN2O2S. The second-order valence-electron chi connectivity index (χ2n) is 5.14. The smallest absolute Gasteiger partial charge is 0.287 e. The number of nitrogens with one attached hydrogen (secondary N) is 1. The van der Waals surface area contributed by atoms with Crippen molar-refractivity contribution in [2.75, 3.05) is 12.8 Å². The van der Waals surface area contributed by atoms with Crippen molar-refractivity contribution in [3.63, 3.8) is 0 Å². The molecule has 110 valence electrons. The van der Waals surface area contributed by atoms with E-state index >= 15 is 0 Å². The van der Waals surface area contributed by atoms with E-state index in [1.54, 1.807) is 12.1 Å². The van der Waals surface area contributed by atoms with E-state index in [0.717, 1.165) is 11.5 Å². The quantitative estimate of drug-likeness (QED) is 0.793. The summed E-state index contributed by atoms with van der Waals surface area (Å²) < 4.78 is 5.40. The zero-order valence-corrected chi connectivity index (χ0v) is 13.5. The molecular weight excluding hydrogens is 284 g/mol. The van der Waals surface area contributed by atoms with Crippen molar-refractivity contribution in [2.45, 2.75) is 37.8 Å². The average Bonchev–Trinajstić information content (AvgIpc) is 2.76. The van der Waals surface area contributed by atoms with Crippen LogP contribution in [0, 0.1) is 5.92 Å². The van der Waals surface area contributed by atoms with E-state index in [-0.39, 0.29) is 18.3 Å². The topological polar surface area (TPSA) is 68.3 Å². The Labute approximate surface area is 125 Å². The zero-order chi connectivity index (χ0) is 13.8. The average molecular weight is 307 g/mol. The van der Waals surface area contributed by atoms with Crippen molar-refractivity contribution in [2.24, 2.45) is 11.7 Å². The van der Waals surface area contributed by atoms with Gasteiger partial charge in [-0.2, -0.15) is 0 Å². The highest BCUT2D eigenvalue weighted by atomic mass is 35.5. The Balaban J connectivity index is 0.00000324. The van der Waals surface area contributed by atoms with Crippen LogP contribution in [0.15, 0.2) is 21.6 Å². The molecule has 6 heteroatoms. The number of furan rings is 1. The van der Waals surface area contributed by atoms with Crippen LogP contribution >= 0.6 is 24.2 Å². The maximum atomic E-state index is 12.1. The third-order valence-corrected chi connectivity index (χ3v) is 3.35. The van der Waals surface area contributed by atoms with Crippen LogP contribution in [-0.4, -0.2) is 24.2 Å². The summed E-state index contributed by atoms with van der Waals surface area (Å²) >= 11 is 1.47. The highest BCUT2D eigenvalue weighted by Gasteiger charge is 2.27. The van der Waals surface area contributed by atoms with Gasteiger partial charge < -0.3 is 15.5 Å². The minimum Gasteiger partial charge on any atom is -0.445 e. The highest BCUT2D eigenvalue weighted by Crippen LogP contribution is 2.20. The van der Waals surface area contributed by atoms with Crippen LogP contribution in [0.25, 0.3) is 0 Å². The SMILES string of the molecule is CSc1ccc(C(=O)NC(C)(CN)CC(C)C)o1.Cl. The molecule has 1 aromatic rings. The van der Waals surface area contributed by atoms with E-state index in [2.05, 4.69) is 19.2 Å². The molecule has 0 radical (unpaired) electrons. The van der Waals surface area contributed by atoms with Crippen molar-refractivity contribution in [3.8, 4) is 0 Å². The predicted octanol–water partition coefficient (Wildman–Crippen LogP) is 2.92. The number of halogens is 1. The first-order valence-electron chi connectivity index (χ1n) is 6.06. The number of carbonyl (C=O) groups excluding carboxylic acids is 1. The fraction of sp³-hybridized carbons (Fsp3) is 0.615. The van der Waals surface area contributed by atoms with Crippen LogP contribution in [0.5, 0.6) is 0 Å². The number of rotatable bonds is 6. The van der Waals surface area contributed by atoms with Gasteiger partial charge in [-0.3, -0.25) is 4.79 Å². The molecule has 4 nitrogen and oxygen atoms in total. The van der Waals surface area contributed by atoms with Crippen LogP contribution < -0.4 is 11.1 Å². The Morgan fingerprint density at radius 2 is 2.16 bits per heavy atom. The summed E-state index contributed by atoms with van der Waals surface area (Å²) in [4.78, 5) is 12.1. The summed E-state index contributed by atoms with van der Waals surface area (Å²) in [7, 11) is 0. The van der Waals surface area contributed by atoms with Gasteiger partial charge in [-0.05, 0) is 37.7 Å². The molecule has 0 bridgehead atoms. The van der Waals surface area contributed by atoms with Gasteiger partial charge in [-0.1, -0.05) is 25.6 Å². The molecule has 1 amide bonds. The minimum atomic E-state index is -0.391. The molecule has 1 heterocycles. The summed E-state index contributed by atoms with van der Waals surface area (Å²) in [5, 5.41) is 3.70. The van der Waals surface area contributed by atoms with Crippen molar-refractivity contribution in [3.05, 3.63) is 17.9 Å². The molecule has 3 N–H and O–H groups in total. The molecule has 1 unspecified atom stereocenters. The summed E-state index contributed by atoms with van der Waals surface area (Å²) in [6.07, 6.45) is 2.74. The molecule has 0 spiro atoms. The zero-order valence-electron chi connectivity index (χ0n) is 11.9. The van der Waals surface area contributed by atoms with E-state index in [1.807, 2.05) is 13.2 Å². The normalized spacial score (nSPS) is 13.8. The van der Waals surface area contributed by atoms with Gasteiger partial charge in [0.05, 0.1) is 5.54 Å². The van der Waals surface area contributed by atoms with Crippen LogP contribution in [0.4, 0.5) is 0 Å². The third-order valence-electron chi connectivity index (χ3n) is 2.73.